The van der Waals surface area contributed by atoms with Crippen molar-refractivity contribution in [1.29, 1.82) is 0 Å². The van der Waals surface area contributed by atoms with Crippen LogP contribution in [0.25, 0.3) is 0 Å². The smallest absolute Gasteiger partial charge is 0.302 e. The van der Waals surface area contributed by atoms with Crippen LogP contribution >= 0.6 is 0 Å². The lowest BCUT2D eigenvalue weighted by Gasteiger charge is -2.30. The van der Waals surface area contributed by atoms with Crippen LogP contribution < -0.4 is 4.72 Å². The molecule has 2 rings (SSSR count). The average molecular weight is 285 g/mol. The molecule has 1 aliphatic heterocycles. The van der Waals surface area contributed by atoms with E-state index in [0.717, 1.165) is 18.5 Å². The zero-order valence-corrected chi connectivity index (χ0v) is 11.7. The fourth-order valence-corrected chi connectivity index (χ4v) is 3.47. The van der Waals surface area contributed by atoms with Gasteiger partial charge in [-0.15, -0.1) is 0 Å². The Morgan fingerprint density at radius 2 is 2.32 bits per heavy atom. The normalized spacial score (nSPS) is 21.3. The number of piperidine rings is 1. The number of anilines is 1. The van der Waals surface area contributed by atoms with E-state index in [1.807, 2.05) is 0 Å². The molecule has 7 heteroatoms. The van der Waals surface area contributed by atoms with Crippen molar-refractivity contribution in [2.45, 2.75) is 19.8 Å². The summed E-state index contributed by atoms with van der Waals surface area (Å²) in [5, 5.41) is 9.15. The molecule has 1 fully saturated rings. The van der Waals surface area contributed by atoms with Gasteiger partial charge in [-0.25, -0.2) is 4.98 Å². The van der Waals surface area contributed by atoms with Crippen LogP contribution in [0, 0.1) is 12.8 Å². The minimum Gasteiger partial charge on any atom is -0.396 e. The first kappa shape index (κ1) is 14.2. The van der Waals surface area contributed by atoms with Gasteiger partial charge in [-0.05, 0) is 37.8 Å². The first-order chi connectivity index (χ1) is 9.01. The molecule has 1 unspecified atom stereocenters. The second kappa shape index (κ2) is 5.85. The third-order valence-corrected chi connectivity index (χ3v) is 4.68. The predicted octanol–water partition coefficient (Wildman–Crippen LogP) is 0.751. The Morgan fingerprint density at radius 3 is 3.00 bits per heavy atom. The van der Waals surface area contributed by atoms with Crippen LogP contribution in [0.4, 0.5) is 5.82 Å². The Hall–Kier alpha value is -1.18. The van der Waals surface area contributed by atoms with E-state index >= 15 is 0 Å². The zero-order chi connectivity index (χ0) is 13.9. The molecule has 0 spiro atoms. The van der Waals surface area contributed by atoms with Crippen LogP contribution in [0.5, 0.6) is 0 Å². The molecule has 2 N–H and O–H groups in total. The quantitative estimate of drug-likeness (QED) is 0.855. The van der Waals surface area contributed by atoms with Crippen molar-refractivity contribution in [3.63, 3.8) is 0 Å². The summed E-state index contributed by atoms with van der Waals surface area (Å²) in [5.41, 5.74) is 0.757. The van der Waals surface area contributed by atoms with Crippen molar-refractivity contribution in [2.75, 3.05) is 24.4 Å². The third-order valence-electron chi connectivity index (χ3n) is 3.20. The van der Waals surface area contributed by atoms with Crippen LogP contribution in [-0.2, 0) is 10.2 Å². The lowest BCUT2D eigenvalue weighted by molar-refractivity contribution is 0.166. The Morgan fingerprint density at radius 1 is 1.53 bits per heavy atom. The molecule has 1 aromatic rings. The highest BCUT2D eigenvalue weighted by Crippen LogP contribution is 2.19. The summed E-state index contributed by atoms with van der Waals surface area (Å²) in [6.45, 7) is 2.67. The number of aliphatic hydroxyl groups is 1. The summed E-state index contributed by atoms with van der Waals surface area (Å²) in [4.78, 5) is 4.13. The van der Waals surface area contributed by atoms with Gasteiger partial charge in [0.25, 0.3) is 0 Å². The summed E-state index contributed by atoms with van der Waals surface area (Å²) >= 11 is 0. The van der Waals surface area contributed by atoms with Crippen molar-refractivity contribution >= 4 is 16.0 Å². The van der Waals surface area contributed by atoms with Gasteiger partial charge in [0.15, 0.2) is 0 Å². The minimum atomic E-state index is -3.59. The van der Waals surface area contributed by atoms with Crippen LogP contribution in [0.1, 0.15) is 18.5 Å². The van der Waals surface area contributed by atoms with Crippen molar-refractivity contribution in [2.24, 2.45) is 5.92 Å². The number of nitrogens with one attached hydrogen (secondary N) is 1. The van der Waals surface area contributed by atoms with Gasteiger partial charge in [0.2, 0.25) is 0 Å². The Labute approximate surface area is 113 Å². The number of nitrogens with zero attached hydrogens (tertiary/aromatic N) is 2. The number of aliphatic hydroxyl groups excluding tert-OH is 1. The minimum absolute atomic E-state index is 0.0225. The Kier molecular flexibility index (Phi) is 4.38. The van der Waals surface area contributed by atoms with Gasteiger partial charge < -0.3 is 5.11 Å². The van der Waals surface area contributed by atoms with E-state index in [1.54, 1.807) is 25.1 Å². The fraction of sp³-hybridized carbons (Fsp3) is 0.583. The average Bonchev–Trinajstić information content (AvgIpc) is 2.38. The van der Waals surface area contributed by atoms with Crippen LogP contribution in [-0.4, -0.2) is 42.5 Å². The van der Waals surface area contributed by atoms with E-state index in [1.165, 1.54) is 4.31 Å². The standard InChI is InChI=1S/C12H19N3O3S/c1-10-4-2-6-12(13-10)14-19(17,18)15-7-3-5-11(8-15)9-16/h2,4,6,11,16H,3,5,7-9H2,1H3,(H,13,14). The van der Waals surface area contributed by atoms with Crippen molar-refractivity contribution in [3.8, 4) is 0 Å². The first-order valence-corrected chi connectivity index (χ1v) is 7.77. The number of aryl methyl sites for hydroxylation is 1. The van der Waals surface area contributed by atoms with E-state index in [-0.39, 0.29) is 12.5 Å². The molecule has 6 nitrogen and oxygen atoms in total. The van der Waals surface area contributed by atoms with Gasteiger partial charge in [-0.1, -0.05) is 6.07 Å². The molecule has 0 radical (unpaired) electrons. The molecule has 106 valence electrons. The maximum absolute atomic E-state index is 12.2. The SMILES string of the molecule is Cc1cccc(NS(=O)(=O)N2CCCC(CO)C2)n1. The van der Waals surface area contributed by atoms with E-state index in [9.17, 15) is 8.42 Å². The predicted molar refractivity (Wildman–Crippen MR) is 72.9 cm³/mol. The summed E-state index contributed by atoms with van der Waals surface area (Å²) in [6, 6.07) is 5.19. The van der Waals surface area contributed by atoms with E-state index in [0.29, 0.717) is 18.9 Å². The zero-order valence-electron chi connectivity index (χ0n) is 10.9. The van der Waals surface area contributed by atoms with Crippen molar-refractivity contribution < 1.29 is 13.5 Å². The Balaban J connectivity index is 2.09. The maximum Gasteiger partial charge on any atom is 0.302 e. The molecule has 19 heavy (non-hydrogen) atoms. The van der Waals surface area contributed by atoms with Gasteiger partial charge in [0.05, 0.1) is 0 Å². The molecule has 0 aromatic carbocycles. The number of hydrogen-bond acceptors (Lipinski definition) is 4. The second-order valence-corrected chi connectivity index (χ2v) is 6.49. The molecule has 1 atom stereocenters. The highest BCUT2D eigenvalue weighted by Gasteiger charge is 2.28. The molecule has 2 heterocycles. The molecule has 0 amide bonds. The molecule has 0 aliphatic carbocycles. The first-order valence-electron chi connectivity index (χ1n) is 6.33. The number of hydrogen-bond donors (Lipinski definition) is 2. The molecule has 1 aromatic heterocycles. The Bertz CT molecular complexity index is 533. The van der Waals surface area contributed by atoms with E-state index in [2.05, 4.69) is 9.71 Å². The van der Waals surface area contributed by atoms with E-state index < -0.39 is 10.2 Å². The van der Waals surface area contributed by atoms with Crippen LogP contribution in [0.2, 0.25) is 0 Å². The van der Waals surface area contributed by atoms with Gasteiger partial charge in [0.1, 0.15) is 5.82 Å². The maximum atomic E-state index is 12.2. The van der Waals surface area contributed by atoms with Crippen LogP contribution in [0.3, 0.4) is 0 Å². The topological polar surface area (TPSA) is 82.5 Å². The van der Waals surface area contributed by atoms with Crippen molar-refractivity contribution in [3.05, 3.63) is 23.9 Å². The van der Waals surface area contributed by atoms with Gasteiger partial charge in [-0.3, -0.25) is 4.72 Å². The molecule has 1 aliphatic rings. The number of rotatable bonds is 4. The van der Waals surface area contributed by atoms with Gasteiger partial charge in [0, 0.05) is 25.4 Å². The lowest BCUT2D eigenvalue weighted by Crippen LogP contribution is -2.43. The summed E-state index contributed by atoms with van der Waals surface area (Å²) in [6.07, 6.45) is 1.64. The molecule has 1 saturated heterocycles. The van der Waals surface area contributed by atoms with E-state index in [4.69, 9.17) is 5.11 Å². The molecule has 0 bridgehead atoms. The highest BCUT2D eigenvalue weighted by atomic mass is 32.2. The fourth-order valence-electron chi connectivity index (χ4n) is 2.19. The lowest BCUT2D eigenvalue weighted by atomic mass is 10.0. The monoisotopic (exact) mass is 285 g/mol. The van der Waals surface area contributed by atoms with Gasteiger partial charge in [-0.2, -0.15) is 12.7 Å². The highest BCUT2D eigenvalue weighted by molar-refractivity contribution is 7.90. The summed E-state index contributed by atoms with van der Waals surface area (Å²) in [7, 11) is -3.59. The summed E-state index contributed by atoms with van der Waals surface area (Å²) < 4.78 is 28.3. The second-order valence-electron chi connectivity index (χ2n) is 4.82. The third kappa shape index (κ3) is 3.65. The van der Waals surface area contributed by atoms with Crippen molar-refractivity contribution in [1.82, 2.24) is 9.29 Å². The van der Waals surface area contributed by atoms with Crippen LogP contribution in [0.15, 0.2) is 18.2 Å². The number of pyridine rings is 1. The molecule has 0 saturated carbocycles. The molecular formula is C12H19N3O3S. The summed E-state index contributed by atoms with van der Waals surface area (Å²) in [5.74, 6) is 0.349. The largest absolute Gasteiger partial charge is 0.396 e. The van der Waals surface area contributed by atoms with Gasteiger partial charge >= 0.3 is 10.2 Å². The number of aromatic nitrogens is 1. The molecular weight excluding hydrogens is 266 g/mol.